The lowest BCUT2D eigenvalue weighted by Crippen LogP contribution is -2.38. The van der Waals surface area contributed by atoms with Gasteiger partial charge in [-0.1, -0.05) is 24.3 Å². The monoisotopic (exact) mass is 310 g/mol. The van der Waals surface area contributed by atoms with Crippen LogP contribution in [0.2, 0.25) is 0 Å². The Labute approximate surface area is 134 Å². The number of ether oxygens (including phenoxy) is 1. The molecule has 1 aliphatic heterocycles. The highest BCUT2D eigenvalue weighted by Gasteiger charge is 2.56. The molecule has 5 rings (SSSR count). The van der Waals surface area contributed by atoms with E-state index >= 15 is 0 Å². The predicted molar refractivity (Wildman–Crippen MR) is 84.8 cm³/mol. The van der Waals surface area contributed by atoms with Crippen LogP contribution in [-0.4, -0.2) is 30.1 Å². The summed E-state index contributed by atoms with van der Waals surface area (Å²) in [4.78, 5) is 25.3. The van der Waals surface area contributed by atoms with Gasteiger partial charge in [0.15, 0.2) is 0 Å². The summed E-state index contributed by atoms with van der Waals surface area (Å²) in [6, 6.07) is 7.38. The number of methoxy groups -OCH3 is 1. The van der Waals surface area contributed by atoms with Crippen LogP contribution in [0.4, 0.5) is 0 Å². The molecule has 1 heterocycles. The Bertz CT molecular complexity index is 693. The average Bonchev–Trinajstić information content (AvgIpc) is 2.87. The number of nitrogens with zero attached hydrogens (tertiary/aromatic N) is 2. The minimum atomic E-state index is -0.221. The van der Waals surface area contributed by atoms with E-state index in [9.17, 15) is 9.59 Å². The second-order valence-corrected chi connectivity index (χ2v) is 6.32. The van der Waals surface area contributed by atoms with E-state index in [0.717, 1.165) is 23.4 Å². The van der Waals surface area contributed by atoms with Crippen LogP contribution in [0.15, 0.2) is 41.5 Å². The van der Waals surface area contributed by atoms with Crippen LogP contribution in [0.25, 0.3) is 0 Å². The lowest BCUT2D eigenvalue weighted by molar-refractivity contribution is -0.140. The molecule has 1 aromatic rings. The maximum atomic E-state index is 12.6. The number of amides is 2. The van der Waals surface area contributed by atoms with Gasteiger partial charge >= 0.3 is 0 Å². The number of carbonyl (C=O) groups is 2. The van der Waals surface area contributed by atoms with Crippen molar-refractivity contribution in [1.29, 1.82) is 0 Å². The second kappa shape index (κ2) is 5.33. The summed E-state index contributed by atoms with van der Waals surface area (Å²) in [5, 5.41) is 5.26. The molecule has 2 amide bonds. The number of carbonyl (C=O) groups excluding carboxylic acids is 2. The molecule has 0 aromatic heterocycles. The highest BCUT2D eigenvalue weighted by molar-refractivity contribution is 6.06. The Kier molecular flexibility index (Phi) is 3.29. The minimum absolute atomic E-state index is 0.162. The van der Waals surface area contributed by atoms with Gasteiger partial charge in [-0.2, -0.15) is 10.1 Å². The fourth-order valence-electron chi connectivity index (χ4n) is 4.07. The van der Waals surface area contributed by atoms with E-state index in [-0.39, 0.29) is 35.5 Å². The molecule has 0 unspecified atom stereocenters. The Morgan fingerprint density at radius 2 is 1.70 bits per heavy atom. The topological polar surface area (TPSA) is 59.0 Å². The number of allylic oxidation sites excluding steroid dienone is 2. The predicted octanol–water partition coefficient (Wildman–Crippen LogP) is 2.23. The standard InChI is InChI=1S/C18H18N2O3/c1-23-14-5-3-2-4-13(14)10-19-20-17(21)15-11-6-7-12(9-8-11)16(15)18(20)22/h2-7,10-12,15-16H,8-9H2,1H3/b19-10-/t11-,12-,15+,16+/m1/s1. The van der Waals surface area contributed by atoms with Crippen molar-refractivity contribution in [3.63, 3.8) is 0 Å². The number of hydrogen-bond acceptors (Lipinski definition) is 4. The molecule has 5 heteroatoms. The van der Waals surface area contributed by atoms with Crippen molar-refractivity contribution in [1.82, 2.24) is 5.01 Å². The largest absolute Gasteiger partial charge is 0.496 e. The summed E-state index contributed by atoms with van der Waals surface area (Å²) >= 11 is 0. The molecule has 0 spiro atoms. The van der Waals surface area contributed by atoms with Gasteiger partial charge < -0.3 is 4.74 Å². The van der Waals surface area contributed by atoms with Crippen molar-refractivity contribution in [2.24, 2.45) is 28.8 Å². The molecule has 1 aromatic carbocycles. The maximum Gasteiger partial charge on any atom is 0.254 e. The molecular formula is C18H18N2O3. The first kappa shape index (κ1) is 14.2. The molecule has 5 nitrogen and oxygen atoms in total. The Morgan fingerprint density at radius 1 is 1.09 bits per heavy atom. The van der Waals surface area contributed by atoms with E-state index in [1.807, 2.05) is 24.3 Å². The first-order valence-corrected chi connectivity index (χ1v) is 7.94. The van der Waals surface area contributed by atoms with Gasteiger partial charge in [0.05, 0.1) is 25.2 Å². The molecule has 23 heavy (non-hydrogen) atoms. The maximum absolute atomic E-state index is 12.6. The highest BCUT2D eigenvalue weighted by Crippen LogP contribution is 2.49. The van der Waals surface area contributed by atoms with Crippen LogP contribution in [-0.2, 0) is 9.59 Å². The second-order valence-electron chi connectivity index (χ2n) is 6.32. The van der Waals surface area contributed by atoms with E-state index in [4.69, 9.17) is 4.74 Å². The molecule has 0 radical (unpaired) electrons. The van der Waals surface area contributed by atoms with Gasteiger partial charge in [-0.3, -0.25) is 9.59 Å². The Balaban J connectivity index is 1.62. The zero-order valence-electron chi connectivity index (χ0n) is 12.9. The van der Waals surface area contributed by atoms with Gasteiger partial charge in [0, 0.05) is 5.56 Å². The molecule has 118 valence electrons. The molecule has 1 saturated heterocycles. The molecule has 3 aliphatic carbocycles. The van der Waals surface area contributed by atoms with Crippen LogP contribution in [0.3, 0.4) is 0 Å². The molecule has 0 N–H and O–H groups in total. The fraction of sp³-hybridized carbons (Fsp3) is 0.389. The third-order valence-corrected chi connectivity index (χ3v) is 5.19. The number of imide groups is 1. The normalized spacial score (nSPS) is 32.0. The molecule has 2 bridgehead atoms. The lowest BCUT2D eigenvalue weighted by atomic mass is 9.63. The number of benzene rings is 1. The van der Waals surface area contributed by atoms with Crippen molar-refractivity contribution in [3.05, 3.63) is 42.0 Å². The van der Waals surface area contributed by atoms with Gasteiger partial charge in [0.25, 0.3) is 11.8 Å². The molecular weight excluding hydrogens is 292 g/mol. The van der Waals surface area contributed by atoms with Crippen molar-refractivity contribution < 1.29 is 14.3 Å². The first-order chi connectivity index (χ1) is 11.2. The van der Waals surface area contributed by atoms with Crippen LogP contribution in [0.1, 0.15) is 18.4 Å². The molecule has 4 atom stereocenters. The number of para-hydroxylation sites is 1. The Morgan fingerprint density at radius 3 is 2.26 bits per heavy atom. The number of fused-ring (bicyclic) bond motifs is 1. The summed E-state index contributed by atoms with van der Waals surface area (Å²) in [6.07, 6.45) is 7.72. The third kappa shape index (κ3) is 2.11. The van der Waals surface area contributed by atoms with Crippen molar-refractivity contribution in [2.45, 2.75) is 12.8 Å². The van der Waals surface area contributed by atoms with E-state index in [1.54, 1.807) is 7.11 Å². The quantitative estimate of drug-likeness (QED) is 0.489. The molecule has 2 fully saturated rings. The first-order valence-electron chi connectivity index (χ1n) is 7.94. The molecule has 4 aliphatic rings. The highest BCUT2D eigenvalue weighted by atomic mass is 16.5. The van der Waals surface area contributed by atoms with Crippen molar-refractivity contribution >= 4 is 18.0 Å². The van der Waals surface area contributed by atoms with Crippen LogP contribution < -0.4 is 4.74 Å². The van der Waals surface area contributed by atoms with Gasteiger partial charge in [-0.15, -0.1) is 0 Å². The van der Waals surface area contributed by atoms with Gasteiger partial charge in [0.1, 0.15) is 5.75 Å². The zero-order valence-corrected chi connectivity index (χ0v) is 12.9. The number of hydrazone groups is 1. The number of hydrogen-bond donors (Lipinski definition) is 0. The van der Waals surface area contributed by atoms with Crippen LogP contribution >= 0.6 is 0 Å². The van der Waals surface area contributed by atoms with E-state index in [0.29, 0.717) is 5.75 Å². The third-order valence-electron chi connectivity index (χ3n) is 5.19. The van der Waals surface area contributed by atoms with E-state index in [2.05, 4.69) is 17.3 Å². The zero-order chi connectivity index (χ0) is 16.0. The van der Waals surface area contributed by atoms with E-state index < -0.39 is 0 Å². The fourth-order valence-corrected chi connectivity index (χ4v) is 4.07. The van der Waals surface area contributed by atoms with Crippen LogP contribution in [0.5, 0.6) is 5.75 Å². The average molecular weight is 310 g/mol. The van der Waals surface area contributed by atoms with Gasteiger partial charge in [-0.25, -0.2) is 0 Å². The summed E-state index contributed by atoms with van der Waals surface area (Å²) in [6.45, 7) is 0. The Hall–Kier alpha value is -2.43. The van der Waals surface area contributed by atoms with Crippen LogP contribution in [0, 0.1) is 23.7 Å². The SMILES string of the molecule is COc1ccccc1/C=N\N1C(=O)[C@@H]2[C@@H](C1=O)[C@@H]1C=C[C@@H]2CC1. The van der Waals surface area contributed by atoms with Gasteiger partial charge in [-0.05, 0) is 36.8 Å². The summed E-state index contributed by atoms with van der Waals surface area (Å²) in [5.41, 5.74) is 0.742. The van der Waals surface area contributed by atoms with Gasteiger partial charge in [0.2, 0.25) is 0 Å². The summed E-state index contributed by atoms with van der Waals surface area (Å²) < 4.78 is 5.26. The van der Waals surface area contributed by atoms with Crippen molar-refractivity contribution in [3.8, 4) is 5.75 Å². The molecule has 1 saturated carbocycles. The summed E-state index contributed by atoms with van der Waals surface area (Å²) in [7, 11) is 1.58. The van der Waals surface area contributed by atoms with E-state index in [1.165, 1.54) is 6.21 Å². The number of rotatable bonds is 3. The lowest BCUT2D eigenvalue weighted by Gasteiger charge is -2.37. The van der Waals surface area contributed by atoms with Crippen molar-refractivity contribution in [2.75, 3.05) is 7.11 Å². The summed E-state index contributed by atoms with van der Waals surface area (Å²) in [5.74, 6) is 0.271. The smallest absolute Gasteiger partial charge is 0.254 e. The minimum Gasteiger partial charge on any atom is -0.496 e.